The number of rotatable bonds is 4. The highest BCUT2D eigenvalue weighted by Crippen LogP contribution is 2.34. The van der Waals surface area contributed by atoms with Crippen molar-refractivity contribution in [3.05, 3.63) is 94.8 Å². The molecule has 0 saturated heterocycles. The minimum absolute atomic E-state index is 0.282. The molecule has 4 nitrogen and oxygen atoms in total. The number of hydrogen-bond acceptors (Lipinski definition) is 3. The van der Waals surface area contributed by atoms with Crippen LogP contribution in [0.25, 0.3) is 22.0 Å². The van der Waals surface area contributed by atoms with Crippen LogP contribution >= 0.6 is 0 Å². The Kier molecular flexibility index (Phi) is 4.60. The van der Waals surface area contributed by atoms with Gasteiger partial charge in [-0.1, -0.05) is 60.2 Å². The summed E-state index contributed by atoms with van der Waals surface area (Å²) in [4.78, 5) is 16.2. The van der Waals surface area contributed by atoms with E-state index >= 15 is 0 Å². The van der Waals surface area contributed by atoms with E-state index in [1.54, 1.807) is 18.2 Å². The van der Waals surface area contributed by atoms with Gasteiger partial charge in [-0.05, 0) is 36.8 Å². The van der Waals surface area contributed by atoms with Gasteiger partial charge in [-0.3, -0.25) is 4.79 Å². The Labute approximate surface area is 159 Å². The number of benzene rings is 3. The zero-order chi connectivity index (χ0) is 18.8. The third kappa shape index (κ3) is 3.41. The van der Waals surface area contributed by atoms with Gasteiger partial charge in [0.05, 0.1) is 16.0 Å². The van der Waals surface area contributed by atoms with Crippen molar-refractivity contribution in [1.82, 2.24) is 4.98 Å². The third-order valence-electron chi connectivity index (χ3n) is 4.31. The average molecular weight is 375 g/mol. The standard InChI is InChI=1S/C22H17NO3S/c1-15-11-13-17(14-12-15)27(25)26-21-18-9-5-6-10-19(18)23-22(24)20(21)16-7-3-2-4-8-16/h2-14H,1H3,(H,23,24). The molecule has 0 bridgehead atoms. The van der Waals surface area contributed by atoms with Crippen molar-refractivity contribution in [1.29, 1.82) is 0 Å². The second-order valence-corrected chi connectivity index (χ2v) is 7.31. The monoisotopic (exact) mass is 375 g/mol. The minimum Gasteiger partial charge on any atom is -0.395 e. The van der Waals surface area contributed by atoms with E-state index in [-0.39, 0.29) is 5.56 Å². The summed E-state index contributed by atoms with van der Waals surface area (Å²) in [6.45, 7) is 1.96. The first-order valence-corrected chi connectivity index (χ1v) is 9.58. The van der Waals surface area contributed by atoms with Crippen molar-refractivity contribution >= 4 is 22.0 Å². The molecule has 0 spiro atoms. The summed E-state index contributed by atoms with van der Waals surface area (Å²) in [6.07, 6.45) is 0. The largest absolute Gasteiger partial charge is 0.395 e. The highest BCUT2D eigenvalue weighted by molar-refractivity contribution is 7.80. The van der Waals surface area contributed by atoms with E-state index < -0.39 is 11.1 Å². The molecule has 0 saturated carbocycles. The predicted octanol–water partition coefficient (Wildman–Crippen LogP) is 4.61. The molecule has 0 amide bonds. The summed E-state index contributed by atoms with van der Waals surface area (Å²) in [5, 5.41) is 0.705. The lowest BCUT2D eigenvalue weighted by atomic mass is 10.0. The van der Waals surface area contributed by atoms with Crippen LogP contribution < -0.4 is 9.74 Å². The molecule has 1 N–H and O–H groups in total. The van der Waals surface area contributed by atoms with Crippen molar-refractivity contribution in [2.24, 2.45) is 0 Å². The zero-order valence-electron chi connectivity index (χ0n) is 14.6. The van der Waals surface area contributed by atoms with Crippen LogP contribution in [0.3, 0.4) is 0 Å². The van der Waals surface area contributed by atoms with E-state index in [2.05, 4.69) is 4.98 Å². The van der Waals surface area contributed by atoms with Gasteiger partial charge in [0.1, 0.15) is 0 Å². The predicted molar refractivity (Wildman–Crippen MR) is 108 cm³/mol. The molecule has 4 aromatic rings. The molecular formula is C22H17NO3S. The lowest BCUT2D eigenvalue weighted by molar-refractivity contribution is 0.566. The Morgan fingerprint density at radius 2 is 1.52 bits per heavy atom. The number of fused-ring (bicyclic) bond motifs is 1. The molecule has 0 aliphatic carbocycles. The van der Waals surface area contributed by atoms with Gasteiger partial charge in [0, 0.05) is 5.39 Å². The fourth-order valence-corrected chi connectivity index (χ4v) is 3.72. The number of nitrogens with one attached hydrogen (secondary N) is 1. The summed E-state index contributed by atoms with van der Waals surface area (Å²) in [7, 11) is 0. The Morgan fingerprint density at radius 3 is 2.26 bits per heavy atom. The highest BCUT2D eigenvalue weighted by atomic mass is 32.2. The van der Waals surface area contributed by atoms with E-state index in [0.29, 0.717) is 32.7 Å². The highest BCUT2D eigenvalue weighted by Gasteiger charge is 2.19. The van der Waals surface area contributed by atoms with Gasteiger partial charge in [-0.2, -0.15) is 0 Å². The number of hydrogen-bond donors (Lipinski definition) is 1. The molecule has 0 fully saturated rings. The molecule has 1 atom stereocenters. The van der Waals surface area contributed by atoms with E-state index in [9.17, 15) is 9.00 Å². The van der Waals surface area contributed by atoms with Crippen molar-refractivity contribution in [2.75, 3.05) is 0 Å². The van der Waals surface area contributed by atoms with Crippen LogP contribution in [0.5, 0.6) is 5.75 Å². The molecule has 1 heterocycles. The summed E-state index contributed by atoms with van der Waals surface area (Å²) >= 11 is -1.74. The molecule has 27 heavy (non-hydrogen) atoms. The van der Waals surface area contributed by atoms with E-state index in [1.807, 2.05) is 67.6 Å². The lowest BCUT2D eigenvalue weighted by Crippen LogP contribution is -2.13. The molecular weight excluding hydrogens is 358 g/mol. The first-order chi connectivity index (χ1) is 13.1. The summed E-state index contributed by atoms with van der Waals surface area (Å²) in [5.41, 5.74) is 2.51. The number of para-hydroxylation sites is 1. The van der Waals surface area contributed by atoms with Crippen LogP contribution in [-0.2, 0) is 11.1 Å². The van der Waals surface area contributed by atoms with Gasteiger partial charge in [0.2, 0.25) is 11.1 Å². The number of aromatic nitrogens is 1. The molecule has 5 heteroatoms. The molecule has 4 rings (SSSR count). The minimum atomic E-state index is -1.74. The Hall–Kier alpha value is -3.18. The van der Waals surface area contributed by atoms with Crippen LogP contribution in [0.4, 0.5) is 0 Å². The Morgan fingerprint density at radius 1 is 0.852 bits per heavy atom. The molecule has 134 valence electrons. The molecule has 0 aliphatic heterocycles. The number of pyridine rings is 1. The molecule has 0 aliphatic rings. The van der Waals surface area contributed by atoms with Crippen molar-refractivity contribution < 1.29 is 8.39 Å². The second-order valence-electron chi connectivity index (χ2n) is 6.20. The van der Waals surface area contributed by atoms with Crippen molar-refractivity contribution in [2.45, 2.75) is 11.8 Å². The van der Waals surface area contributed by atoms with Gasteiger partial charge in [-0.25, -0.2) is 4.21 Å². The van der Waals surface area contributed by atoms with Gasteiger partial charge < -0.3 is 9.17 Å². The summed E-state index contributed by atoms with van der Waals surface area (Å²) in [6, 6.07) is 23.9. The fourth-order valence-electron chi connectivity index (χ4n) is 2.94. The fraction of sp³-hybridized carbons (Fsp3) is 0.0455. The van der Waals surface area contributed by atoms with Crippen LogP contribution in [-0.4, -0.2) is 9.19 Å². The maximum absolute atomic E-state index is 12.8. The van der Waals surface area contributed by atoms with E-state index in [1.165, 1.54) is 0 Å². The van der Waals surface area contributed by atoms with Crippen molar-refractivity contribution in [3.63, 3.8) is 0 Å². The second kappa shape index (κ2) is 7.21. The van der Waals surface area contributed by atoms with Gasteiger partial charge in [-0.15, -0.1) is 0 Å². The number of H-pyrrole nitrogens is 1. The summed E-state index contributed by atoms with van der Waals surface area (Å²) < 4.78 is 18.7. The van der Waals surface area contributed by atoms with Gasteiger partial charge in [0.25, 0.3) is 5.56 Å². The number of aromatic amines is 1. The molecule has 1 unspecified atom stereocenters. The molecule has 3 aromatic carbocycles. The van der Waals surface area contributed by atoms with Crippen LogP contribution in [0.1, 0.15) is 5.56 Å². The third-order valence-corrected chi connectivity index (χ3v) is 5.28. The first kappa shape index (κ1) is 17.2. The summed E-state index contributed by atoms with van der Waals surface area (Å²) in [5.74, 6) is 0.319. The maximum Gasteiger partial charge on any atom is 0.260 e. The smallest absolute Gasteiger partial charge is 0.260 e. The number of aryl methyl sites for hydroxylation is 1. The lowest BCUT2D eigenvalue weighted by Gasteiger charge is -2.13. The van der Waals surface area contributed by atoms with Crippen LogP contribution in [0.2, 0.25) is 0 Å². The topological polar surface area (TPSA) is 59.2 Å². The van der Waals surface area contributed by atoms with Crippen LogP contribution in [0, 0.1) is 6.92 Å². The van der Waals surface area contributed by atoms with Gasteiger partial charge >= 0.3 is 0 Å². The SMILES string of the molecule is Cc1ccc(S(=O)Oc2c(-c3ccccc3)c(=O)[nH]c3ccccc23)cc1. The molecule has 0 radical (unpaired) electrons. The van der Waals surface area contributed by atoms with E-state index in [0.717, 1.165) is 5.56 Å². The zero-order valence-corrected chi connectivity index (χ0v) is 15.5. The maximum atomic E-state index is 12.8. The average Bonchev–Trinajstić information content (AvgIpc) is 2.69. The van der Waals surface area contributed by atoms with Gasteiger partial charge in [0.15, 0.2) is 5.75 Å². The van der Waals surface area contributed by atoms with Crippen molar-refractivity contribution in [3.8, 4) is 16.9 Å². The van der Waals surface area contributed by atoms with Crippen LogP contribution in [0.15, 0.2) is 88.6 Å². The molecule has 1 aromatic heterocycles. The first-order valence-electron chi connectivity index (χ1n) is 8.51. The quantitative estimate of drug-likeness (QED) is 0.567. The Balaban J connectivity index is 1.90. The normalized spacial score (nSPS) is 12.0. The Bertz CT molecular complexity index is 1180. The van der Waals surface area contributed by atoms with E-state index in [4.69, 9.17) is 4.18 Å².